The van der Waals surface area contributed by atoms with Crippen LogP contribution in [0.1, 0.15) is 35.4 Å². The van der Waals surface area contributed by atoms with Gasteiger partial charge in [-0.05, 0) is 43.9 Å². The lowest BCUT2D eigenvalue weighted by molar-refractivity contribution is -0.142. The minimum absolute atomic E-state index is 0.0818. The van der Waals surface area contributed by atoms with Gasteiger partial charge in [-0.25, -0.2) is 9.97 Å². The van der Waals surface area contributed by atoms with Crippen molar-refractivity contribution < 1.29 is 31.1 Å². The molecule has 4 nitrogen and oxygen atoms in total. The first-order valence-corrected chi connectivity index (χ1v) is 10.1. The van der Waals surface area contributed by atoms with E-state index in [9.17, 15) is 31.1 Å². The fourth-order valence-electron chi connectivity index (χ4n) is 2.98. The van der Waals surface area contributed by atoms with Crippen molar-refractivity contribution >= 4 is 35.0 Å². The highest BCUT2D eigenvalue weighted by molar-refractivity contribution is 7.99. The molecule has 0 aliphatic heterocycles. The zero-order valence-corrected chi connectivity index (χ0v) is 16.7. The number of anilines is 1. The number of hydrogen-bond donors (Lipinski definition) is 1. The number of rotatable bonds is 4. The first-order valence-electron chi connectivity index (χ1n) is 8.71. The molecule has 1 heterocycles. The molecule has 1 aliphatic rings. The molecule has 12 heteroatoms. The predicted octanol–water partition coefficient (Wildman–Crippen LogP) is 5.78. The lowest BCUT2D eigenvalue weighted by Crippen LogP contribution is -2.20. The molecular weight excluding hydrogens is 456 g/mol. The van der Waals surface area contributed by atoms with Gasteiger partial charge < -0.3 is 5.32 Å². The number of nitrogens with zero attached hydrogens (tertiary/aromatic N) is 2. The first-order chi connectivity index (χ1) is 13.9. The minimum Gasteiger partial charge on any atom is -0.324 e. The molecule has 0 saturated heterocycles. The second-order valence-electron chi connectivity index (χ2n) is 6.51. The molecule has 1 aliphatic carbocycles. The lowest BCUT2D eigenvalue weighted by Gasteiger charge is -2.20. The summed E-state index contributed by atoms with van der Waals surface area (Å²) in [7, 11) is 0. The minimum atomic E-state index is -4.65. The van der Waals surface area contributed by atoms with Gasteiger partial charge in [0.1, 0.15) is 0 Å². The van der Waals surface area contributed by atoms with Crippen LogP contribution in [0.3, 0.4) is 0 Å². The Kier molecular flexibility index (Phi) is 6.51. The van der Waals surface area contributed by atoms with E-state index in [-0.39, 0.29) is 27.9 Å². The third-order valence-electron chi connectivity index (χ3n) is 4.33. The van der Waals surface area contributed by atoms with Gasteiger partial charge in [-0.3, -0.25) is 4.79 Å². The highest BCUT2D eigenvalue weighted by Gasteiger charge is 2.38. The number of thioether (sulfide) groups is 1. The topological polar surface area (TPSA) is 54.9 Å². The van der Waals surface area contributed by atoms with Crippen molar-refractivity contribution in [1.29, 1.82) is 0 Å². The number of halogens is 7. The van der Waals surface area contributed by atoms with Crippen molar-refractivity contribution in [2.45, 2.75) is 43.2 Å². The van der Waals surface area contributed by atoms with Crippen LogP contribution in [0.5, 0.6) is 0 Å². The van der Waals surface area contributed by atoms with E-state index in [1.807, 2.05) is 0 Å². The van der Waals surface area contributed by atoms with E-state index in [0.29, 0.717) is 42.8 Å². The van der Waals surface area contributed by atoms with Crippen LogP contribution >= 0.6 is 23.4 Å². The molecule has 1 amide bonds. The van der Waals surface area contributed by atoms with E-state index in [2.05, 4.69) is 15.3 Å². The number of carbonyl (C=O) groups excluding carboxylic acids is 1. The van der Waals surface area contributed by atoms with E-state index in [4.69, 9.17) is 11.6 Å². The molecule has 0 unspecified atom stereocenters. The van der Waals surface area contributed by atoms with Crippen LogP contribution in [0, 0.1) is 0 Å². The Bertz CT molecular complexity index is 964. The number of benzene rings is 1. The van der Waals surface area contributed by atoms with Gasteiger partial charge in [-0.2, -0.15) is 26.3 Å². The molecule has 0 bridgehead atoms. The maximum atomic E-state index is 13.3. The molecule has 0 fully saturated rings. The summed E-state index contributed by atoms with van der Waals surface area (Å²) in [5, 5.41) is 1.91. The summed E-state index contributed by atoms with van der Waals surface area (Å²) in [6.07, 6.45) is -7.31. The molecule has 1 aromatic heterocycles. The predicted molar refractivity (Wildman–Crippen MR) is 99.5 cm³/mol. The molecule has 0 spiro atoms. The number of fused-ring (bicyclic) bond motifs is 1. The van der Waals surface area contributed by atoms with Crippen molar-refractivity contribution in [1.82, 2.24) is 9.97 Å². The molecule has 0 atom stereocenters. The molecule has 162 valence electrons. The van der Waals surface area contributed by atoms with Crippen LogP contribution in [0.4, 0.5) is 32.0 Å². The van der Waals surface area contributed by atoms with Crippen LogP contribution in [0.25, 0.3) is 0 Å². The molecular formula is C18H14ClF6N3OS. The quantitative estimate of drug-likeness (QED) is 0.350. The lowest BCUT2D eigenvalue weighted by atomic mass is 9.94. The highest BCUT2D eigenvalue weighted by Crippen LogP contribution is 2.36. The Morgan fingerprint density at radius 1 is 1.07 bits per heavy atom. The van der Waals surface area contributed by atoms with Crippen molar-refractivity contribution in [3.63, 3.8) is 0 Å². The summed E-state index contributed by atoms with van der Waals surface area (Å²) in [6, 6.07) is 2.45. The van der Waals surface area contributed by atoms with E-state index < -0.39 is 35.3 Å². The Balaban J connectivity index is 1.74. The summed E-state index contributed by atoms with van der Waals surface area (Å²) in [5.74, 6) is -1.15. The van der Waals surface area contributed by atoms with Crippen LogP contribution in [0.15, 0.2) is 23.4 Å². The van der Waals surface area contributed by atoms with E-state index in [1.165, 1.54) is 0 Å². The summed E-state index contributed by atoms with van der Waals surface area (Å²) < 4.78 is 78.4. The Morgan fingerprint density at radius 3 is 2.43 bits per heavy atom. The van der Waals surface area contributed by atoms with Gasteiger partial charge in [-0.15, -0.1) is 0 Å². The van der Waals surface area contributed by atoms with E-state index in [0.717, 1.165) is 12.1 Å². The van der Waals surface area contributed by atoms with Crippen LogP contribution in [0.2, 0.25) is 5.02 Å². The summed E-state index contributed by atoms with van der Waals surface area (Å²) >= 11 is 6.49. The van der Waals surface area contributed by atoms with Crippen molar-refractivity contribution in [2.75, 3.05) is 11.1 Å². The zero-order valence-electron chi connectivity index (χ0n) is 15.1. The zero-order chi connectivity index (χ0) is 22.1. The number of aryl methyl sites for hydroxylation is 1. The SMILES string of the molecule is O=C(CSc1nc2c(c(C(F)(F)F)n1)CCCC2)Nc1cc(C(F)(F)F)ccc1Cl. The van der Waals surface area contributed by atoms with Crippen molar-refractivity contribution in [3.8, 4) is 0 Å². The van der Waals surface area contributed by atoms with Crippen LogP contribution in [-0.4, -0.2) is 21.6 Å². The summed E-state index contributed by atoms with van der Waals surface area (Å²) in [5.41, 5.74) is -1.86. The second-order valence-corrected chi connectivity index (χ2v) is 7.86. The maximum absolute atomic E-state index is 13.3. The van der Waals surface area contributed by atoms with Gasteiger partial charge in [0, 0.05) is 11.3 Å². The summed E-state index contributed by atoms with van der Waals surface area (Å²) in [4.78, 5) is 19.8. The van der Waals surface area contributed by atoms with E-state index >= 15 is 0 Å². The number of carbonyl (C=O) groups is 1. The van der Waals surface area contributed by atoms with Crippen LogP contribution < -0.4 is 5.32 Å². The smallest absolute Gasteiger partial charge is 0.324 e. The monoisotopic (exact) mass is 469 g/mol. The highest BCUT2D eigenvalue weighted by atomic mass is 35.5. The Morgan fingerprint density at radius 2 is 1.77 bits per heavy atom. The standard InChI is InChI=1S/C18H14ClF6N3OS/c19-11-6-5-9(17(20,21)22)7-13(11)26-14(29)8-30-16-27-12-4-2-1-3-10(12)15(28-16)18(23,24)25/h5-7H,1-4,8H2,(H,26,29). The summed E-state index contributed by atoms with van der Waals surface area (Å²) in [6.45, 7) is 0. The molecule has 3 rings (SSSR count). The van der Waals surface area contributed by atoms with Gasteiger partial charge in [0.25, 0.3) is 0 Å². The van der Waals surface area contributed by atoms with E-state index in [1.54, 1.807) is 0 Å². The number of hydrogen-bond acceptors (Lipinski definition) is 4. The number of aromatic nitrogens is 2. The molecule has 0 saturated carbocycles. The Hall–Kier alpha value is -2.01. The molecule has 0 radical (unpaired) electrons. The number of nitrogens with one attached hydrogen (secondary N) is 1. The number of alkyl halides is 6. The van der Waals surface area contributed by atoms with Gasteiger partial charge >= 0.3 is 12.4 Å². The fraction of sp³-hybridized carbons (Fsp3) is 0.389. The van der Waals surface area contributed by atoms with Crippen LogP contribution in [-0.2, 0) is 30.0 Å². The normalized spacial score (nSPS) is 14.4. The van der Waals surface area contributed by atoms with Crippen molar-refractivity contribution in [3.05, 3.63) is 45.7 Å². The molecule has 1 aromatic carbocycles. The second kappa shape index (κ2) is 8.62. The van der Waals surface area contributed by atoms with Crippen molar-refractivity contribution in [2.24, 2.45) is 0 Å². The Labute approximate surface area is 176 Å². The average molecular weight is 470 g/mol. The first kappa shape index (κ1) is 22.7. The van der Waals surface area contributed by atoms with Gasteiger partial charge in [0.2, 0.25) is 5.91 Å². The largest absolute Gasteiger partial charge is 0.433 e. The number of amides is 1. The fourth-order valence-corrected chi connectivity index (χ4v) is 3.81. The third-order valence-corrected chi connectivity index (χ3v) is 5.51. The third kappa shape index (κ3) is 5.37. The average Bonchev–Trinajstić information content (AvgIpc) is 2.65. The molecule has 2 aromatic rings. The van der Waals surface area contributed by atoms with Gasteiger partial charge in [-0.1, -0.05) is 23.4 Å². The molecule has 1 N–H and O–H groups in total. The van der Waals surface area contributed by atoms with Gasteiger partial charge in [0.05, 0.1) is 22.0 Å². The maximum Gasteiger partial charge on any atom is 0.433 e. The molecule has 30 heavy (non-hydrogen) atoms. The van der Waals surface area contributed by atoms with Gasteiger partial charge in [0.15, 0.2) is 10.9 Å².